The van der Waals surface area contributed by atoms with Crippen LogP contribution in [0, 0.1) is 0 Å². The van der Waals surface area contributed by atoms with Crippen molar-refractivity contribution in [3.63, 3.8) is 0 Å². The monoisotopic (exact) mass is 386 g/mol. The van der Waals surface area contributed by atoms with Crippen LogP contribution in [-0.4, -0.2) is 16.7 Å². The molecule has 27 heavy (non-hydrogen) atoms. The van der Waals surface area contributed by atoms with Crippen LogP contribution in [-0.2, 0) is 0 Å². The van der Waals surface area contributed by atoms with Gasteiger partial charge in [-0.3, -0.25) is 0 Å². The number of allylic oxidation sites excluding steroid dienone is 3. The summed E-state index contributed by atoms with van der Waals surface area (Å²) in [5, 5.41) is 9.54. The lowest BCUT2D eigenvalue weighted by Gasteiger charge is -2.38. The van der Waals surface area contributed by atoms with Crippen molar-refractivity contribution in [2.45, 2.75) is 64.4 Å². The molecular formula is C23H30O3S. The van der Waals surface area contributed by atoms with E-state index in [1.165, 1.54) is 6.42 Å². The van der Waals surface area contributed by atoms with Crippen LogP contribution in [0.5, 0.6) is 5.75 Å². The topological polar surface area (TPSA) is 46.5 Å². The second-order valence-corrected chi connectivity index (χ2v) is 8.49. The highest BCUT2D eigenvalue weighted by atomic mass is 32.2. The minimum Gasteiger partial charge on any atom is -0.487 e. The number of benzene rings is 1. The lowest BCUT2D eigenvalue weighted by atomic mass is 9.81. The van der Waals surface area contributed by atoms with E-state index < -0.39 is 5.97 Å². The largest absolute Gasteiger partial charge is 0.487 e. The molecule has 1 fully saturated rings. The Labute approximate surface area is 167 Å². The Morgan fingerprint density at radius 2 is 1.93 bits per heavy atom. The maximum atomic E-state index is 11.6. The molecule has 4 heteroatoms. The van der Waals surface area contributed by atoms with Crippen LogP contribution in [0.25, 0.3) is 4.91 Å². The SMILES string of the molecule is C=CCCC1(Oc2cc(C(=C)S/C(C)=C\C)cc(C(=O)O)c2)CCCCC1. The smallest absolute Gasteiger partial charge is 0.335 e. The Hall–Kier alpha value is -1.94. The van der Waals surface area contributed by atoms with E-state index in [4.69, 9.17) is 4.74 Å². The summed E-state index contributed by atoms with van der Waals surface area (Å²) in [6, 6.07) is 5.23. The van der Waals surface area contributed by atoms with Crippen LogP contribution in [0.3, 0.4) is 0 Å². The maximum Gasteiger partial charge on any atom is 0.335 e. The number of aromatic carboxylic acids is 1. The van der Waals surface area contributed by atoms with Gasteiger partial charge in [-0.1, -0.05) is 36.9 Å². The molecule has 1 aliphatic rings. The molecule has 3 nitrogen and oxygen atoms in total. The lowest BCUT2D eigenvalue weighted by molar-refractivity contribution is 0.0227. The van der Waals surface area contributed by atoms with Crippen LogP contribution >= 0.6 is 11.8 Å². The van der Waals surface area contributed by atoms with Crippen LogP contribution in [0.1, 0.15) is 74.7 Å². The van der Waals surface area contributed by atoms with Gasteiger partial charge in [-0.25, -0.2) is 4.79 Å². The first kappa shape index (κ1) is 21.4. The Morgan fingerprint density at radius 3 is 2.52 bits per heavy atom. The number of carbonyl (C=O) groups is 1. The van der Waals surface area contributed by atoms with Gasteiger partial charge in [0.05, 0.1) is 5.56 Å². The first-order valence-electron chi connectivity index (χ1n) is 9.57. The molecule has 1 N–H and O–H groups in total. The lowest BCUT2D eigenvalue weighted by Crippen LogP contribution is -2.38. The zero-order valence-corrected chi connectivity index (χ0v) is 17.2. The minimum absolute atomic E-state index is 0.228. The van der Waals surface area contributed by atoms with Gasteiger partial charge in [0, 0.05) is 4.91 Å². The van der Waals surface area contributed by atoms with E-state index in [1.807, 2.05) is 32.1 Å². The van der Waals surface area contributed by atoms with Crippen molar-refractivity contribution in [2.75, 3.05) is 0 Å². The highest BCUT2D eigenvalue weighted by Crippen LogP contribution is 2.39. The average Bonchev–Trinajstić information content (AvgIpc) is 2.66. The van der Waals surface area contributed by atoms with Crippen LogP contribution < -0.4 is 4.74 Å². The van der Waals surface area contributed by atoms with E-state index in [2.05, 4.69) is 13.2 Å². The van der Waals surface area contributed by atoms with Crippen molar-refractivity contribution in [1.82, 2.24) is 0 Å². The number of rotatable bonds is 9. The van der Waals surface area contributed by atoms with Gasteiger partial charge in [0.25, 0.3) is 0 Å². The molecule has 0 unspecified atom stereocenters. The molecule has 0 saturated heterocycles. The third kappa shape index (κ3) is 6.03. The average molecular weight is 387 g/mol. The normalized spacial score (nSPS) is 16.6. The number of carboxylic acid groups (broad SMARTS) is 1. The number of thioether (sulfide) groups is 1. The zero-order chi connectivity index (χ0) is 19.9. The number of hydrogen-bond donors (Lipinski definition) is 1. The van der Waals surface area contributed by atoms with Gasteiger partial charge < -0.3 is 9.84 Å². The van der Waals surface area contributed by atoms with Gasteiger partial charge in [0.15, 0.2) is 0 Å². The molecule has 0 spiro atoms. The summed E-state index contributed by atoms with van der Waals surface area (Å²) in [5.41, 5.74) is 0.803. The summed E-state index contributed by atoms with van der Waals surface area (Å²) in [4.78, 5) is 13.6. The standard InChI is InChI=1S/C23H30O3S/c1-5-7-11-23(12-9-8-10-13-23)26-21-15-19(14-20(16-21)22(24)25)18(4)27-17(3)6-2/h5-6,14-16H,1,4,7-13H2,2-3H3,(H,24,25)/b17-6-. The second-order valence-electron chi connectivity index (χ2n) is 7.15. The first-order chi connectivity index (χ1) is 12.9. The van der Waals surface area contributed by atoms with Gasteiger partial charge in [-0.05, 0) is 81.0 Å². The fraction of sp³-hybridized carbons (Fsp3) is 0.435. The Morgan fingerprint density at radius 1 is 1.26 bits per heavy atom. The summed E-state index contributed by atoms with van der Waals surface area (Å²) in [6.07, 6.45) is 11.3. The van der Waals surface area contributed by atoms with E-state index in [9.17, 15) is 9.90 Å². The van der Waals surface area contributed by atoms with Gasteiger partial charge in [-0.2, -0.15) is 0 Å². The summed E-state index contributed by atoms with van der Waals surface area (Å²) in [6.45, 7) is 12.0. The fourth-order valence-electron chi connectivity index (χ4n) is 3.47. The van der Waals surface area contributed by atoms with E-state index in [0.29, 0.717) is 5.75 Å². The summed E-state index contributed by atoms with van der Waals surface area (Å²) in [5.74, 6) is -0.332. The molecule has 1 aromatic carbocycles. The highest BCUT2D eigenvalue weighted by molar-refractivity contribution is 8.11. The number of ether oxygens (including phenoxy) is 1. The molecular weight excluding hydrogens is 356 g/mol. The highest BCUT2D eigenvalue weighted by Gasteiger charge is 2.33. The van der Waals surface area contributed by atoms with E-state index in [-0.39, 0.29) is 11.2 Å². The minimum atomic E-state index is -0.953. The predicted molar refractivity (Wildman–Crippen MR) is 115 cm³/mol. The molecule has 1 saturated carbocycles. The predicted octanol–water partition coefficient (Wildman–Crippen LogP) is 7.06. The van der Waals surface area contributed by atoms with E-state index in [1.54, 1.807) is 23.9 Å². The molecule has 0 aliphatic heterocycles. The molecule has 0 heterocycles. The first-order valence-corrected chi connectivity index (χ1v) is 10.4. The summed E-state index contributed by atoms with van der Waals surface area (Å²) < 4.78 is 6.48. The molecule has 1 aliphatic carbocycles. The Balaban J connectivity index is 2.34. The molecule has 0 bridgehead atoms. The number of carboxylic acids is 1. The van der Waals surface area contributed by atoms with Crippen LogP contribution in [0.4, 0.5) is 0 Å². The number of hydrogen-bond acceptors (Lipinski definition) is 3. The van der Waals surface area contributed by atoms with Crippen LogP contribution in [0.2, 0.25) is 0 Å². The molecule has 0 aromatic heterocycles. The molecule has 1 aromatic rings. The molecule has 0 radical (unpaired) electrons. The van der Waals surface area contributed by atoms with Crippen molar-refractivity contribution in [3.8, 4) is 5.75 Å². The molecule has 0 atom stereocenters. The van der Waals surface area contributed by atoms with Gasteiger partial charge in [0.2, 0.25) is 0 Å². The molecule has 2 rings (SSSR count). The van der Waals surface area contributed by atoms with Crippen molar-refractivity contribution in [2.24, 2.45) is 0 Å². The Bertz CT molecular complexity index is 727. The quantitative estimate of drug-likeness (QED) is 0.461. The Kier molecular flexibility index (Phi) is 7.78. The maximum absolute atomic E-state index is 11.6. The second kappa shape index (κ2) is 9.84. The fourth-order valence-corrected chi connectivity index (χ4v) is 4.21. The van der Waals surface area contributed by atoms with Gasteiger partial charge >= 0.3 is 5.97 Å². The summed E-state index contributed by atoms with van der Waals surface area (Å²) in [7, 11) is 0. The molecule has 146 valence electrons. The van der Waals surface area contributed by atoms with Crippen molar-refractivity contribution >= 4 is 22.6 Å². The molecule has 0 amide bonds. The van der Waals surface area contributed by atoms with E-state index >= 15 is 0 Å². The third-order valence-corrected chi connectivity index (χ3v) is 6.11. The van der Waals surface area contributed by atoms with Crippen molar-refractivity contribution in [3.05, 3.63) is 59.5 Å². The summed E-state index contributed by atoms with van der Waals surface area (Å²) >= 11 is 1.55. The van der Waals surface area contributed by atoms with Crippen LogP contribution in [0.15, 0.2) is 48.4 Å². The van der Waals surface area contributed by atoms with Crippen molar-refractivity contribution < 1.29 is 14.6 Å². The van der Waals surface area contributed by atoms with Crippen molar-refractivity contribution in [1.29, 1.82) is 0 Å². The van der Waals surface area contributed by atoms with Gasteiger partial charge in [-0.15, -0.1) is 6.58 Å². The zero-order valence-electron chi connectivity index (χ0n) is 16.4. The third-order valence-electron chi connectivity index (χ3n) is 5.07. The van der Waals surface area contributed by atoms with Gasteiger partial charge in [0.1, 0.15) is 11.4 Å². The van der Waals surface area contributed by atoms with E-state index in [0.717, 1.165) is 53.9 Å².